The van der Waals surface area contributed by atoms with E-state index in [4.69, 9.17) is 5.73 Å². The highest BCUT2D eigenvalue weighted by Gasteiger charge is 2.21. The third kappa shape index (κ3) is 2.98. The molecule has 0 aliphatic carbocycles. The van der Waals surface area contributed by atoms with Crippen molar-refractivity contribution >= 4 is 11.5 Å². The van der Waals surface area contributed by atoms with Crippen LogP contribution < -0.4 is 10.6 Å². The zero-order valence-corrected chi connectivity index (χ0v) is 12.9. The highest BCUT2D eigenvalue weighted by atomic mass is 15.4. The van der Waals surface area contributed by atoms with Gasteiger partial charge in [0.15, 0.2) is 5.82 Å². The summed E-state index contributed by atoms with van der Waals surface area (Å²) in [6.07, 6.45) is 1.15. The highest BCUT2D eigenvalue weighted by molar-refractivity contribution is 5.66. The third-order valence-corrected chi connectivity index (χ3v) is 3.40. The quantitative estimate of drug-likeness (QED) is 0.875. The molecule has 0 fully saturated rings. The van der Waals surface area contributed by atoms with Gasteiger partial charge in [-0.3, -0.25) is 0 Å². The minimum atomic E-state index is 0.324. The van der Waals surface area contributed by atoms with Crippen LogP contribution in [0.5, 0.6) is 0 Å². The van der Waals surface area contributed by atoms with Crippen LogP contribution in [0.3, 0.4) is 0 Å². The average Bonchev–Trinajstić information content (AvgIpc) is 2.54. The fourth-order valence-corrected chi connectivity index (χ4v) is 2.31. The Morgan fingerprint density at radius 2 is 1.78 bits per heavy atom. The summed E-state index contributed by atoms with van der Waals surface area (Å²) in [6, 6.07) is 0.783. The van der Waals surface area contributed by atoms with Crippen molar-refractivity contribution in [3.63, 3.8) is 0 Å². The Kier molecular flexibility index (Phi) is 4.65. The fraction of sp³-hybridized carbons (Fsp3) is 0.786. The van der Waals surface area contributed by atoms with Crippen LogP contribution in [0.2, 0.25) is 0 Å². The van der Waals surface area contributed by atoms with Gasteiger partial charge in [0, 0.05) is 19.1 Å². The first kappa shape index (κ1) is 14.9. The predicted molar refractivity (Wildman–Crippen MR) is 79.1 cm³/mol. The lowest BCUT2D eigenvalue weighted by Crippen LogP contribution is -2.32. The standard InChI is InChI=1S/C14H28N4/c1-9(2)8-11(5)17(7)14-13(15)12(6)16-18(14)10(3)4/h9-11H,8,15H2,1-7H3. The first-order chi connectivity index (χ1) is 8.25. The van der Waals surface area contributed by atoms with Crippen LogP contribution in [0, 0.1) is 12.8 Å². The lowest BCUT2D eigenvalue weighted by Gasteiger charge is -2.30. The van der Waals surface area contributed by atoms with Crippen LogP contribution in [0.4, 0.5) is 11.5 Å². The maximum absolute atomic E-state index is 6.19. The largest absolute Gasteiger partial charge is 0.394 e. The van der Waals surface area contributed by atoms with E-state index in [0.29, 0.717) is 18.0 Å². The maximum Gasteiger partial charge on any atom is 0.150 e. The van der Waals surface area contributed by atoms with E-state index in [1.807, 2.05) is 11.6 Å². The van der Waals surface area contributed by atoms with Crippen LogP contribution in [0.15, 0.2) is 0 Å². The molecule has 0 bridgehead atoms. The maximum atomic E-state index is 6.19. The van der Waals surface area contributed by atoms with E-state index < -0.39 is 0 Å². The summed E-state index contributed by atoms with van der Waals surface area (Å²) in [5, 5.41) is 4.54. The average molecular weight is 252 g/mol. The van der Waals surface area contributed by atoms with Gasteiger partial charge in [-0.1, -0.05) is 13.8 Å². The van der Waals surface area contributed by atoms with Crippen LogP contribution in [0.25, 0.3) is 0 Å². The number of aryl methyl sites for hydroxylation is 1. The second-order valence-electron chi connectivity index (χ2n) is 5.95. The van der Waals surface area contributed by atoms with Gasteiger partial charge in [-0.25, -0.2) is 4.68 Å². The van der Waals surface area contributed by atoms with Gasteiger partial charge in [-0.05, 0) is 40.0 Å². The van der Waals surface area contributed by atoms with Crippen molar-refractivity contribution in [1.82, 2.24) is 9.78 Å². The van der Waals surface area contributed by atoms with E-state index in [0.717, 1.165) is 23.6 Å². The predicted octanol–water partition coefficient (Wildman–Crippen LogP) is 3.23. The first-order valence-corrected chi connectivity index (χ1v) is 6.83. The molecule has 2 N–H and O–H groups in total. The highest BCUT2D eigenvalue weighted by Crippen LogP contribution is 2.30. The molecular weight excluding hydrogens is 224 g/mol. The molecule has 1 atom stereocenters. The number of nitrogens with zero attached hydrogens (tertiary/aromatic N) is 3. The first-order valence-electron chi connectivity index (χ1n) is 6.83. The van der Waals surface area contributed by atoms with Gasteiger partial charge in [0.25, 0.3) is 0 Å². The van der Waals surface area contributed by atoms with Gasteiger partial charge in [0.1, 0.15) is 0 Å². The minimum absolute atomic E-state index is 0.324. The van der Waals surface area contributed by atoms with Crippen LogP contribution >= 0.6 is 0 Å². The zero-order chi connectivity index (χ0) is 14.0. The number of hydrogen-bond donors (Lipinski definition) is 1. The van der Waals surface area contributed by atoms with E-state index >= 15 is 0 Å². The summed E-state index contributed by atoms with van der Waals surface area (Å²) in [6.45, 7) is 13.0. The SMILES string of the molecule is Cc1nn(C(C)C)c(N(C)C(C)CC(C)C)c1N. The molecule has 0 aliphatic rings. The molecule has 0 saturated heterocycles. The number of aromatic nitrogens is 2. The topological polar surface area (TPSA) is 47.1 Å². The Labute approximate surface area is 111 Å². The van der Waals surface area contributed by atoms with Crippen molar-refractivity contribution in [2.45, 2.75) is 60.0 Å². The molecule has 1 aromatic rings. The molecule has 4 nitrogen and oxygen atoms in total. The molecule has 4 heteroatoms. The fourth-order valence-electron chi connectivity index (χ4n) is 2.31. The monoisotopic (exact) mass is 252 g/mol. The smallest absolute Gasteiger partial charge is 0.150 e. The Bertz CT molecular complexity index is 393. The van der Waals surface area contributed by atoms with Crippen LogP contribution in [0.1, 0.15) is 52.8 Å². The zero-order valence-electron chi connectivity index (χ0n) is 12.9. The van der Waals surface area contributed by atoms with Crippen molar-refractivity contribution in [1.29, 1.82) is 0 Å². The number of nitrogens with two attached hydrogens (primary N) is 1. The lowest BCUT2D eigenvalue weighted by atomic mass is 10.0. The van der Waals surface area contributed by atoms with E-state index in [1.54, 1.807) is 0 Å². The minimum Gasteiger partial charge on any atom is -0.394 e. The summed E-state index contributed by atoms with van der Waals surface area (Å²) in [7, 11) is 2.11. The Morgan fingerprint density at radius 3 is 2.22 bits per heavy atom. The van der Waals surface area contributed by atoms with Gasteiger partial charge in [-0.2, -0.15) is 5.10 Å². The van der Waals surface area contributed by atoms with E-state index in [2.05, 4.69) is 51.7 Å². The number of nitrogen functional groups attached to an aromatic ring is 1. The molecule has 0 aliphatic heterocycles. The molecule has 0 amide bonds. The third-order valence-electron chi connectivity index (χ3n) is 3.40. The summed E-state index contributed by atoms with van der Waals surface area (Å²) >= 11 is 0. The molecule has 0 radical (unpaired) electrons. The molecule has 0 saturated carbocycles. The molecule has 1 unspecified atom stereocenters. The Morgan fingerprint density at radius 1 is 1.22 bits per heavy atom. The van der Waals surface area contributed by atoms with Gasteiger partial charge in [0.2, 0.25) is 0 Å². The normalized spacial score (nSPS) is 13.4. The van der Waals surface area contributed by atoms with Gasteiger partial charge in [-0.15, -0.1) is 0 Å². The van der Waals surface area contributed by atoms with Crippen molar-refractivity contribution in [3.05, 3.63) is 5.69 Å². The van der Waals surface area contributed by atoms with Gasteiger partial charge in [0.05, 0.1) is 11.4 Å². The van der Waals surface area contributed by atoms with Gasteiger partial charge < -0.3 is 10.6 Å². The molecule has 0 aromatic carbocycles. The second kappa shape index (κ2) is 5.63. The number of rotatable bonds is 5. The molecule has 1 aromatic heterocycles. The summed E-state index contributed by atoms with van der Waals surface area (Å²) in [4.78, 5) is 2.26. The van der Waals surface area contributed by atoms with E-state index in [9.17, 15) is 0 Å². The summed E-state index contributed by atoms with van der Waals surface area (Å²) < 4.78 is 2.03. The van der Waals surface area contributed by atoms with Crippen LogP contribution in [-0.4, -0.2) is 22.9 Å². The lowest BCUT2D eigenvalue weighted by molar-refractivity contribution is 0.478. The van der Waals surface area contributed by atoms with Crippen molar-refractivity contribution in [2.75, 3.05) is 17.7 Å². The molecule has 18 heavy (non-hydrogen) atoms. The molecular formula is C14H28N4. The summed E-state index contributed by atoms with van der Waals surface area (Å²) in [5.74, 6) is 1.73. The van der Waals surface area contributed by atoms with Crippen molar-refractivity contribution < 1.29 is 0 Å². The Hall–Kier alpha value is -1.19. The van der Waals surface area contributed by atoms with Crippen molar-refractivity contribution in [3.8, 4) is 0 Å². The molecule has 1 rings (SSSR count). The second-order valence-corrected chi connectivity index (χ2v) is 5.95. The van der Waals surface area contributed by atoms with E-state index in [1.165, 1.54) is 0 Å². The van der Waals surface area contributed by atoms with Crippen LogP contribution in [-0.2, 0) is 0 Å². The van der Waals surface area contributed by atoms with Crippen molar-refractivity contribution in [2.24, 2.45) is 5.92 Å². The number of hydrogen-bond acceptors (Lipinski definition) is 3. The summed E-state index contributed by atoms with van der Waals surface area (Å²) in [5.41, 5.74) is 7.91. The van der Waals surface area contributed by atoms with E-state index in [-0.39, 0.29) is 0 Å². The Balaban J connectivity index is 3.07. The molecule has 104 valence electrons. The molecule has 1 heterocycles. The molecule has 0 spiro atoms. The van der Waals surface area contributed by atoms with Gasteiger partial charge >= 0.3 is 0 Å². The number of anilines is 2.